The standard InChI is InChI=1S/C14H18BrN5O/c1-3-20-13(10(15)8-17-20)14(21)18-11-5-4-6-12-9(11)7-16-19(12)2/h7-8,11H,3-6H2,1-2H3,(H,18,21)/t11-/m0/s1. The van der Waals surface area contributed by atoms with Crippen LogP contribution < -0.4 is 5.32 Å². The second kappa shape index (κ2) is 5.63. The first-order valence-electron chi connectivity index (χ1n) is 7.14. The number of carbonyl (C=O) groups is 1. The molecule has 2 aromatic heterocycles. The molecule has 1 atom stereocenters. The van der Waals surface area contributed by atoms with Crippen molar-refractivity contribution < 1.29 is 4.79 Å². The number of carbonyl (C=O) groups excluding carboxylic acids is 1. The van der Waals surface area contributed by atoms with E-state index >= 15 is 0 Å². The van der Waals surface area contributed by atoms with Gasteiger partial charge in [-0.3, -0.25) is 14.2 Å². The lowest BCUT2D eigenvalue weighted by Crippen LogP contribution is -2.32. The van der Waals surface area contributed by atoms with Crippen LogP contribution in [0.1, 0.15) is 47.6 Å². The van der Waals surface area contributed by atoms with Gasteiger partial charge in [0.2, 0.25) is 0 Å². The Morgan fingerprint density at radius 2 is 2.29 bits per heavy atom. The summed E-state index contributed by atoms with van der Waals surface area (Å²) >= 11 is 3.40. The van der Waals surface area contributed by atoms with Gasteiger partial charge in [-0.25, -0.2) is 0 Å². The predicted octanol–water partition coefficient (Wildman–Crippen LogP) is 2.21. The predicted molar refractivity (Wildman–Crippen MR) is 82.0 cm³/mol. The van der Waals surface area contributed by atoms with Crippen LogP contribution in [0.15, 0.2) is 16.9 Å². The zero-order chi connectivity index (χ0) is 15.0. The van der Waals surface area contributed by atoms with Gasteiger partial charge in [-0.2, -0.15) is 10.2 Å². The molecule has 0 saturated heterocycles. The number of aromatic nitrogens is 4. The third-order valence-corrected chi connectivity index (χ3v) is 4.57. The molecule has 112 valence electrons. The highest BCUT2D eigenvalue weighted by Crippen LogP contribution is 2.29. The summed E-state index contributed by atoms with van der Waals surface area (Å²) in [6.45, 7) is 2.63. The van der Waals surface area contributed by atoms with Gasteiger partial charge in [-0.15, -0.1) is 0 Å². The first-order valence-corrected chi connectivity index (χ1v) is 7.94. The van der Waals surface area contributed by atoms with E-state index in [9.17, 15) is 4.79 Å². The third kappa shape index (κ3) is 2.50. The van der Waals surface area contributed by atoms with Gasteiger partial charge in [0, 0.05) is 24.8 Å². The lowest BCUT2D eigenvalue weighted by Gasteiger charge is -2.24. The van der Waals surface area contributed by atoms with Crippen molar-refractivity contribution in [1.82, 2.24) is 24.9 Å². The Bertz CT molecular complexity index is 675. The zero-order valence-electron chi connectivity index (χ0n) is 12.1. The molecule has 0 aromatic carbocycles. The van der Waals surface area contributed by atoms with Gasteiger partial charge in [-0.1, -0.05) is 0 Å². The monoisotopic (exact) mass is 351 g/mol. The molecule has 6 nitrogen and oxygen atoms in total. The fourth-order valence-corrected chi connectivity index (χ4v) is 3.39. The average molecular weight is 352 g/mol. The fourth-order valence-electron chi connectivity index (χ4n) is 2.91. The van der Waals surface area contributed by atoms with Crippen molar-refractivity contribution in [2.75, 3.05) is 0 Å². The normalized spacial score (nSPS) is 17.6. The third-order valence-electron chi connectivity index (χ3n) is 3.99. The van der Waals surface area contributed by atoms with Crippen molar-refractivity contribution in [1.29, 1.82) is 0 Å². The van der Waals surface area contributed by atoms with E-state index in [2.05, 4.69) is 31.4 Å². The molecule has 21 heavy (non-hydrogen) atoms. The molecule has 0 unspecified atom stereocenters. The van der Waals surface area contributed by atoms with E-state index < -0.39 is 0 Å². The van der Waals surface area contributed by atoms with E-state index in [-0.39, 0.29) is 11.9 Å². The number of nitrogens with one attached hydrogen (secondary N) is 1. The van der Waals surface area contributed by atoms with Crippen molar-refractivity contribution in [2.24, 2.45) is 7.05 Å². The topological polar surface area (TPSA) is 64.7 Å². The van der Waals surface area contributed by atoms with Crippen molar-refractivity contribution in [2.45, 2.75) is 38.8 Å². The van der Waals surface area contributed by atoms with E-state index in [1.54, 1.807) is 10.9 Å². The Balaban J connectivity index is 1.84. The Morgan fingerprint density at radius 3 is 3.05 bits per heavy atom. The molecular weight excluding hydrogens is 334 g/mol. The first-order chi connectivity index (χ1) is 10.1. The van der Waals surface area contributed by atoms with Crippen LogP contribution in [0.25, 0.3) is 0 Å². The van der Waals surface area contributed by atoms with Crippen LogP contribution in [0.4, 0.5) is 0 Å². The van der Waals surface area contributed by atoms with Crippen molar-refractivity contribution in [3.8, 4) is 0 Å². The molecule has 0 aliphatic heterocycles. The fraction of sp³-hybridized carbons (Fsp3) is 0.500. The van der Waals surface area contributed by atoms with Crippen molar-refractivity contribution >= 4 is 21.8 Å². The van der Waals surface area contributed by atoms with Crippen LogP contribution in [0, 0.1) is 0 Å². The van der Waals surface area contributed by atoms with E-state index in [1.165, 1.54) is 5.69 Å². The van der Waals surface area contributed by atoms with E-state index in [4.69, 9.17) is 0 Å². The quantitative estimate of drug-likeness (QED) is 0.921. The molecule has 7 heteroatoms. The highest BCUT2D eigenvalue weighted by atomic mass is 79.9. The lowest BCUT2D eigenvalue weighted by molar-refractivity contribution is 0.0921. The van der Waals surface area contributed by atoms with E-state index in [0.717, 1.165) is 29.3 Å². The van der Waals surface area contributed by atoms with Crippen molar-refractivity contribution in [3.63, 3.8) is 0 Å². The molecule has 1 aliphatic rings. The number of hydrogen-bond acceptors (Lipinski definition) is 3. The number of rotatable bonds is 3. The van der Waals surface area contributed by atoms with Gasteiger partial charge < -0.3 is 5.32 Å². The number of nitrogens with zero attached hydrogens (tertiary/aromatic N) is 4. The minimum absolute atomic E-state index is 0.0297. The molecule has 2 heterocycles. The Morgan fingerprint density at radius 1 is 1.48 bits per heavy atom. The highest BCUT2D eigenvalue weighted by Gasteiger charge is 2.26. The second-order valence-electron chi connectivity index (χ2n) is 5.25. The smallest absolute Gasteiger partial charge is 0.271 e. The molecule has 0 spiro atoms. The summed E-state index contributed by atoms with van der Waals surface area (Å²) in [5.74, 6) is -0.0945. The molecule has 2 aromatic rings. The SMILES string of the molecule is CCn1ncc(Br)c1C(=O)N[C@H]1CCCc2c1cnn2C. The minimum atomic E-state index is -0.0945. The van der Waals surface area contributed by atoms with Crippen LogP contribution >= 0.6 is 15.9 Å². The number of hydrogen-bond donors (Lipinski definition) is 1. The van der Waals surface area contributed by atoms with Gasteiger partial charge in [0.1, 0.15) is 5.69 Å². The molecule has 3 rings (SSSR count). The number of fused-ring (bicyclic) bond motifs is 1. The van der Waals surface area contributed by atoms with Gasteiger partial charge in [0.05, 0.1) is 22.9 Å². The number of aryl methyl sites for hydroxylation is 2. The largest absolute Gasteiger partial charge is 0.344 e. The maximum Gasteiger partial charge on any atom is 0.271 e. The maximum atomic E-state index is 12.6. The molecule has 1 N–H and O–H groups in total. The van der Waals surface area contributed by atoms with Crippen LogP contribution in [-0.2, 0) is 20.0 Å². The second-order valence-corrected chi connectivity index (χ2v) is 6.10. The molecule has 1 aliphatic carbocycles. The summed E-state index contributed by atoms with van der Waals surface area (Å²) in [5, 5.41) is 11.6. The summed E-state index contributed by atoms with van der Waals surface area (Å²) in [7, 11) is 1.95. The van der Waals surface area contributed by atoms with Gasteiger partial charge in [0.25, 0.3) is 5.91 Å². The molecule has 0 radical (unpaired) electrons. The summed E-state index contributed by atoms with van der Waals surface area (Å²) in [6, 6.07) is 0.0297. The summed E-state index contributed by atoms with van der Waals surface area (Å²) < 4.78 is 4.33. The Hall–Kier alpha value is -1.63. The van der Waals surface area contributed by atoms with E-state index in [0.29, 0.717) is 12.2 Å². The highest BCUT2D eigenvalue weighted by molar-refractivity contribution is 9.10. The minimum Gasteiger partial charge on any atom is -0.344 e. The Kier molecular flexibility index (Phi) is 3.84. The van der Waals surface area contributed by atoms with Crippen LogP contribution in [0.3, 0.4) is 0 Å². The summed E-state index contributed by atoms with van der Waals surface area (Å²) in [5.41, 5.74) is 2.93. The van der Waals surface area contributed by atoms with Crippen molar-refractivity contribution in [3.05, 3.63) is 33.8 Å². The summed E-state index contributed by atoms with van der Waals surface area (Å²) in [6.07, 6.45) is 6.56. The Labute approximate surface area is 131 Å². The first kappa shape index (κ1) is 14.3. The number of halogens is 1. The average Bonchev–Trinajstić information content (AvgIpc) is 3.03. The molecular formula is C14H18BrN5O. The lowest BCUT2D eigenvalue weighted by atomic mass is 9.93. The molecule has 0 fully saturated rings. The van der Waals surface area contributed by atoms with Crippen LogP contribution in [0.5, 0.6) is 0 Å². The van der Waals surface area contributed by atoms with Gasteiger partial charge in [-0.05, 0) is 42.1 Å². The van der Waals surface area contributed by atoms with E-state index in [1.807, 2.05) is 24.9 Å². The zero-order valence-corrected chi connectivity index (χ0v) is 13.7. The van der Waals surface area contributed by atoms with Crippen LogP contribution in [-0.4, -0.2) is 25.5 Å². The summed E-state index contributed by atoms with van der Waals surface area (Å²) in [4.78, 5) is 12.6. The molecule has 0 bridgehead atoms. The van der Waals surface area contributed by atoms with Crippen LogP contribution in [0.2, 0.25) is 0 Å². The van der Waals surface area contributed by atoms with Gasteiger partial charge in [0.15, 0.2) is 0 Å². The number of amides is 1. The van der Waals surface area contributed by atoms with Gasteiger partial charge >= 0.3 is 0 Å². The maximum absolute atomic E-state index is 12.6. The molecule has 0 saturated carbocycles. The molecule has 1 amide bonds.